The minimum atomic E-state index is -1.60. The molecule has 0 amide bonds. The van der Waals surface area contributed by atoms with Crippen molar-refractivity contribution in [2.45, 2.75) is 78.4 Å². The zero-order chi connectivity index (χ0) is 17.8. The van der Waals surface area contributed by atoms with Crippen LogP contribution in [0.2, 0.25) is 19.6 Å². The van der Waals surface area contributed by atoms with E-state index in [1.54, 1.807) is 0 Å². The molecule has 1 nitrogen and oxygen atoms in total. The number of benzene rings is 1. The Morgan fingerprint density at radius 3 is 2.12 bits per heavy atom. The van der Waals surface area contributed by atoms with E-state index in [4.69, 9.17) is 4.43 Å². The van der Waals surface area contributed by atoms with Gasteiger partial charge >= 0.3 is 0 Å². The summed E-state index contributed by atoms with van der Waals surface area (Å²) in [5, 5.41) is 1.18. The number of thioether (sulfide) groups is 1. The van der Waals surface area contributed by atoms with Gasteiger partial charge in [-0.3, -0.25) is 0 Å². The normalized spacial score (nSPS) is 12.9. The fourth-order valence-corrected chi connectivity index (χ4v) is 5.24. The van der Waals surface area contributed by atoms with E-state index in [0.29, 0.717) is 0 Å². The van der Waals surface area contributed by atoms with Crippen molar-refractivity contribution in [1.29, 1.82) is 0 Å². The first-order valence-electron chi connectivity index (χ1n) is 9.58. The van der Waals surface area contributed by atoms with Crippen molar-refractivity contribution in [2.24, 2.45) is 0 Å². The molecule has 0 aliphatic carbocycles. The molecule has 0 aromatic heterocycles. The van der Waals surface area contributed by atoms with Crippen LogP contribution in [0.1, 0.15) is 64.4 Å². The standard InChI is InChI=1S/C21H36OSSi/c1-6-8-9-10-11-15-18-23-21(22-24(3,4)5)20(7-2)19-16-13-12-14-17-19/h12-14,16-17H,6-11,15,18H2,1-5H3/b21-20-. The van der Waals surface area contributed by atoms with E-state index >= 15 is 0 Å². The maximum absolute atomic E-state index is 6.47. The summed E-state index contributed by atoms with van der Waals surface area (Å²) < 4.78 is 6.47. The second-order valence-electron chi connectivity index (χ2n) is 7.32. The summed E-state index contributed by atoms with van der Waals surface area (Å²) in [6.07, 6.45) is 9.13. The Hall–Kier alpha value is -0.673. The molecule has 0 spiro atoms. The largest absolute Gasteiger partial charge is 0.540 e. The first-order valence-corrected chi connectivity index (χ1v) is 14.0. The number of hydrogen-bond donors (Lipinski definition) is 0. The smallest absolute Gasteiger partial charge is 0.242 e. The molecule has 1 aromatic carbocycles. The molecular weight excluding hydrogens is 328 g/mol. The molecule has 1 rings (SSSR count). The van der Waals surface area contributed by atoms with E-state index in [-0.39, 0.29) is 0 Å². The van der Waals surface area contributed by atoms with Gasteiger partial charge in [0.2, 0.25) is 8.32 Å². The van der Waals surface area contributed by atoms with Crippen molar-refractivity contribution in [1.82, 2.24) is 0 Å². The Kier molecular flexibility index (Phi) is 10.5. The van der Waals surface area contributed by atoms with E-state index < -0.39 is 8.32 Å². The lowest BCUT2D eigenvalue weighted by molar-refractivity contribution is 0.464. The lowest BCUT2D eigenvalue weighted by Gasteiger charge is -2.24. The van der Waals surface area contributed by atoms with Crippen molar-refractivity contribution < 1.29 is 4.43 Å². The molecule has 0 atom stereocenters. The van der Waals surface area contributed by atoms with E-state index in [0.717, 1.165) is 6.42 Å². The molecule has 0 fully saturated rings. The molecule has 0 saturated heterocycles. The zero-order valence-corrected chi connectivity index (χ0v) is 18.2. The van der Waals surface area contributed by atoms with Gasteiger partial charge in [-0.05, 0) is 38.0 Å². The third-order valence-electron chi connectivity index (χ3n) is 3.85. The second-order valence-corrected chi connectivity index (χ2v) is 12.8. The third kappa shape index (κ3) is 8.98. The molecule has 0 radical (unpaired) electrons. The molecule has 136 valence electrons. The average molecular weight is 365 g/mol. The summed E-state index contributed by atoms with van der Waals surface area (Å²) in [6.45, 7) is 11.3. The molecule has 0 aliphatic heterocycles. The summed E-state index contributed by atoms with van der Waals surface area (Å²) in [5.41, 5.74) is 2.68. The Balaban J connectivity index is 2.71. The Bertz CT molecular complexity index is 476. The second kappa shape index (κ2) is 11.8. The van der Waals surface area contributed by atoms with Crippen molar-refractivity contribution in [2.75, 3.05) is 5.75 Å². The number of hydrogen-bond acceptors (Lipinski definition) is 2. The highest BCUT2D eigenvalue weighted by atomic mass is 32.2. The summed E-state index contributed by atoms with van der Waals surface area (Å²) in [6, 6.07) is 10.7. The molecule has 0 heterocycles. The maximum Gasteiger partial charge on any atom is 0.242 e. The number of rotatable bonds is 12. The van der Waals surface area contributed by atoms with Crippen molar-refractivity contribution in [3.63, 3.8) is 0 Å². The van der Waals surface area contributed by atoms with Gasteiger partial charge in [0.1, 0.15) is 5.09 Å². The van der Waals surface area contributed by atoms with Gasteiger partial charge in [-0.15, -0.1) is 0 Å². The summed E-state index contributed by atoms with van der Waals surface area (Å²) >= 11 is 1.93. The van der Waals surface area contributed by atoms with Crippen molar-refractivity contribution in [3.05, 3.63) is 41.0 Å². The number of unbranched alkanes of at least 4 members (excludes halogenated alkanes) is 5. The Morgan fingerprint density at radius 1 is 0.917 bits per heavy atom. The van der Waals surface area contributed by atoms with Gasteiger partial charge in [0.15, 0.2) is 0 Å². The van der Waals surface area contributed by atoms with Crippen molar-refractivity contribution >= 4 is 25.7 Å². The fraction of sp³-hybridized carbons (Fsp3) is 0.619. The van der Waals surface area contributed by atoms with E-state index in [2.05, 4.69) is 63.8 Å². The van der Waals surface area contributed by atoms with Crippen LogP contribution in [0.25, 0.3) is 5.57 Å². The average Bonchev–Trinajstić information content (AvgIpc) is 2.54. The van der Waals surface area contributed by atoms with Crippen LogP contribution in [-0.2, 0) is 4.43 Å². The van der Waals surface area contributed by atoms with Crippen LogP contribution in [0.4, 0.5) is 0 Å². The molecule has 0 N–H and O–H groups in total. The fourth-order valence-electron chi connectivity index (χ4n) is 2.61. The topological polar surface area (TPSA) is 9.23 Å². The summed E-state index contributed by atoms with van der Waals surface area (Å²) in [7, 11) is -1.60. The number of allylic oxidation sites excluding steroid dienone is 1. The van der Waals surface area contributed by atoms with E-state index in [9.17, 15) is 0 Å². The van der Waals surface area contributed by atoms with Crippen LogP contribution in [0.15, 0.2) is 35.4 Å². The molecule has 1 aromatic rings. The quantitative estimate of drug-likeness (QED) is 0.213. The molecule has 0 bridgehead atoms. The van der Waals surface area contributed by atoms with Gasteiger partial charge in [-0.2, -0.15) is 0 Å². The minimum absolute atomic E-state index is 1.02. The lowest BCUT2D eigenvalue weighted by atomic mass is 10.1. The molecule has 0 unspecified atom stereocenters. The first-order chi connectivity index (χ1) is 11.5. The van der Waals surface area contributed by atoms with E-state index in [1.165, 1.54) is 60.5 Å². The van der Waals surface area contributed by atoms with Crippen LogP contribution in [0, 0.1) is 0 Å². The van der Waals surface area contributed by atoms with Crippen LogP contribution in [0.5, 0.6) is 0 Å². The van der Waals surface area contributed by atoms with Crippen LogP contribution >= 0.6 is 11.8 Å². The lowest BCUT2D eigenvalue weighted by Crippen LogP contribution is -2.24. The highest BCUT2D eigenvalue weighted by Gasteiger charge is 2.20. The van der Waals surface area contributed by atoms with Crippen molar-refractivity contribution in [3.8, 4) is 0 Å². The highest BCUT2D eigenvalue weighted by Crippen LogP contribution is 2.33. The summed E-state index contributed by atoms with van der Waals surface area (Å²) in [5.74, 6) is 1.17. The predicted molar refractivity (Wildman–Crippen MR) is 114 cm³/mol. The molecular formula is C21H36OSSi. The van der Waals surface area contributed by atoms with Gasteiger partial charge in [-0.1, -0.05) is 88.0 Å². The van der Waals surface area contributed by atoms with Gasteiger partial charge < -0.3 is 4.43 Å². The monoisotopic (exact) mass is 364 g/mol. The third-order valence-corrected chi connectivity index (χ3v) is 5.90. The van der Waals surface area contributed by atoms with Crippen LogP contribution < -0.4 is 0 Å². The first kappa shape index (κ1) is 21.4. The minimum Gasteiger partial charge on any atom is -0.540 e. The van der Waals surface area contributed by atoms with Gasteiger partial charge in [0.25, 0.3) is 0 Å². The van der Waals surface area contributed by atoms with Crippen LogP contribution in [0.3, 0.4) is 0 Å². The highest BCUT2D eigenvalue weighted by molar-refractivity contribution is 8.03. The van der Waals surface area contributed by atoms with Crippen LogP contribution in [-0.4, -0.2) is 14.1 Å². The van der Waals surface area contributed by atoms with Gasteiger partial charge in [0, 0.05) is 11.3 Å². The molecule has 3 heteroatoms. The molecule has 0 saturated carbocycles. The SMILES string of the molecule is CCCCCCCCS/C(O[Si](C)(C)C)=C(/CC)c1ccccc1. The molecule has 0 aliphatic rings. The van der Waals surface area contributed by atoms with Gasteiger partial charge in [0.05, 0.1) is 0 Å². The Labute approximate surface area is 155 Å². The zero-order valence-electron chi connectivity index (χ0n) is 16.4. The van der Waals surface area contributed by atoms with Gasteiger partial charge in [-0.25, -0.2) is 0 Å². The van der Waals surface area contributed by atoms with E-state index in [1.807, 2.05) is 11.8 Å². The predicted octanol–water partition coefficient (Wildman–Crippen LogP) is 7.71. The maximum atomic E-state index is 6.47. The summed E-state index contributed by atoms with van der Waals surface area (Å²) in [4.78, 5) is 0. The molecule has 24 heavy (non-hydrogen) atoms. The Morgan fingerprint density at radius 2 is 1.54 bits per heavy atom.